The van der Waals surface area contributed by atoms with Crippen LogP contribution < -0.4 is 11.1 Å². The molecule has 1 aromatic rings. The van der Waals surface area contributed by atoms with E-state index in [-0.39, 0.29) is 29.9 Å². The highest BCUT2D eigenvalue weighted by Crippen LogP contribution is 2.22. The highest BCUT2D eigenvalue weighted by molar-refractivity contribution is 5.94. The molecule has 1 amide bonds. The molecule has 25 heavy (non-hydrogen) atoms. The van der Waals surface area contributed by atoms with Crippen LogP contribution in [0.15, 0.2) is 30.4 Å². The van der Waals surface area contributed by atoms with Crippen molar-refractivity contribution in [3.63, 3.8) is 0 Å². The second-order valence-electron chi connectivity index (χ2n) is 7.87. The van der Waals surface area contributed by atoms with E-state index in [1.807, 2.05) is 20.8 Å². The first-order valence-electron chi connectivity index (χ1n) is 8.11. The first-order chi connectivity index (χ1) is 11.4. The molecule has 0 fully saturated rings. The van der Waals surface area contributed by atoms with Crippen molar-refractivity contribution in [1.82, 2.24) is 9.88 Å². The standard InChI is InChI=1S/C18H28FN3O3/c1-17(2,3)21-15(23)12-7-8-22(11-12)14(10-20)13(9-19)16(24)25-18(4,5)6/h7-9,11,14H,10,20H2,1-6H3,(H,21,23). The number of rotatable bonds is 5. The lowest BCUT2D eigenvalue weighted by Crippen LogP contribution is -2.40. The van der Waals surface area contributed by atoms with Crippen molar-refractivity contribution in [2.75, 3.05) is 6.54 Å². The number of halogens is 1. The zero-order valence-corrected chi connectivity index (χ0v) is 15.7. The highest BCUT2D eigenvalue weighted by Gasteiger charge is 2.27. The maximum Gasteiger partial charge on any atom is 0.339 e. The Labute approximate surface area is 148 Å². The number of carbonyl (C=O) groups excluding carboxylic acids is 2. The maximum absolute atomic E-state index is 13.4. The Morgan fingerprint density at radius 1 is 1.32 bits per heavy atom. The van der Waals surface area contributed by atoms with Crippen LogP contribution in [0, 0.1) is 0 Å². The molecule has 1 rings (SSSR count). The molecule has 0 saturated heterocycles. The summed E-state index contributed by atoms with van der Waals surface area (Å²) < 4.78 is 20.1. The van der Waals surface area contributed by atoms with Gasteiger partial charge in [-0.05, 0) is 47.6 Å². The topological polar surface area (TPSA) is 86.4 Å². The lowest BCUT2D eigenvalue weighted by atomic mass is 10.1. The molecule has 7 heteroatoms. The van der Waals surface area contributed by atoms with Gasteiger partial charge in [0.15, 0.2) is 0 Å². The normalized spacial score (nSPS) is 14.2. The van der Waals surface area contributed by atoms with Gasteiger partial charge in [0, 0.05) is 24.5 Å². The molecule has 6 nitrogen and oxygen atoms in total. The third-order valence-corrected chi connectivity index (χ3v) is 3.16. The summed E-state index contributed by atoms with van der Waals surface area (Å²) in [6, 6.07) is 0.824. The van der Waals surface area contributed by atoms with Crippen molar-refractivity contribution < 1.29 is 18.7 Å². The third-order valence-electron chi connectivity index (χ3n) is 3.16. The lowest BCUT2D eigenvalue weighted by Gasteiger charge is -2.24. The average Bonchev–Trinajstić information content (AvgIpc) is 2.90. The fourth-order valence-electron chi connectivity index (χ4n) is 2.15. The van der Waals surface area contributed by atoms with Crippen molar-refractivity contribution >= 4 is 11.9 Å². The van der Waals surface area contributed by atoms with E-state index >= 15 is 0 Å². The number of nitrogens with zero attached hydrogens (tertiary/aromatic N) is 1. The predicted molar refractivity (Wildman–Crippen MR) is 94.8 cm³/mol. The number of amides is 1. The first kappa shape index (κ1) is 20.9. The molecule has 3 N–H and O–H groups in total. The minimum absolute atomic E-state index is 0.0238. The van der Waals surface area contributed by atoms with E-state index in [2.05, 4.69) is 5.32 Å². The summed E-state index contributed by atoms with van der Waals surface area (Å²) in [5.74, 6) is -1.04. The molecule has 0 spiro atoms. The van der Waals surface area contributed by atoms with Gasteiger partial charge in [0.25, 0.3) is 5.91 Å². The highest BCUT2D eigenvalue weighted by atomic mass is 19.1. The summed E-state index contributed by atoms with van der Waals surface area (Å²) in [5.41, 5.74) is 4.80. The second-order valence-corrected chi connectivity index (χ2v) is 7.87. The van der Waals surface area contributed by atoms with Crippen LogP contribution in [0.5, 0.6) is 0 Å². The Hall–Kier alpha value is -2.15. The van der Waals surface area contributed by atoms with Gasteiger partial charge in [-0.3, -0.25) is 4.79 Å². The molecule has 0 saturated carbocycles. The van der Waals surface area contributed by atoms with E-state index in [4.69, 9.17) is 10.5 Å². The van der Waals surface area contributed by atoms with Gasteiger partial charge in [-0.25, -0.2) is 9.18 Å². The molecule has 0 radical (unpaired) electrons. The number of aromatic nitrogens is 1. The molecule has 0 aliphatic heterocycles. The molecule has 0 aromatic carbocycles. The van der Waals surface area contributed by atoms with Crippen molar-refractivity contribution in [1.29, 1.82) is 0 Å². The third kappa shape index (κ3) is 6.34. The fourth-order valence-corrected chi connectivity index (χ4v) is 2.15. The van der Waals surface area contributed by atoms with Crippen molar-refractivity contribution in [3.05, 3.63) is 35.9 Å². The predicted octanol–water partition coefficient (Wildman–Crippen LogP) is 2.71. The summed E-state index contributed by atoms with van der Waals surface area (Å²) in [6.45, 7) is 10.7. The minimum Gasteiger partial charge on any atom is -0.456 e. The van der Waals surface area contributed by atoms with E-state index < -0.39 is 17.6 Å². The van der Waals surface area contributed by atoms with Crippen LogP contribution >= 0.6 is 0 Å². The van der Waals surface area contributed by atoms with E-state index in [1.54, 1.807) is 33.0 Å². The number of hydrogen-bond acceptors (Lipinski definition) is 4. The smallest absolute Gasteiger partial charge is 0.339 e. The van der Waals surface area contributed by atoms with Gasteiger partial charge < -0.3 is 20.4 Å². The molecule has 0 aliphatic carbocycles. The van der Waals surface area contributed by atoms with Crippen LogP contribution in [-0.4, -0.2) is 34.1 Å². The number of nitrogens with two attached hydrogens (primary N) is 1. The van der Waals surface area contributed by atoms with Gasteiger partial charge in [0.2, 0.25) is 0 Å². The Bertz CT molecular complexity index is 651. The van der Waals surface area contributed by atoms with Gasteiger partial charge in [0.05, 0.1) is 23.5 Å². The molecule has 1 unspecified atom stereocenters. The minimum atomic E-state index is -0.778. The molecule has 140 valence electrons. The monoisotopic (exact) mass is 353 g/mol. The van der Waals surface area contributed by atoms with Crippen LogP contribution in [0.4, 0.5) is 4.39 Å². The van der Waals surface area contributed by atoms with Crippen molar-refractivity contribution in [2.45, 2.75) is 58.7 Å². The SMILES string of the molecule is CC(C)(C)NC(=O)c1ccn(C(CN)C(=CF)C(=O)OC(C)(C)C)c1. The molecule has 0 aliphatic rings. The van der Waals surface area contributed by atoms with E-state index in [0.29, 0.717) is 5.56 Å². The molecule has 1 aromatic heterocycles. The van der Waals surface area contributed by atoms with Crippen LogP contribution in [0.1, 0.15) is 57.9 Å². The second kappa shape index (κ2) is 7.82. The fraction of sp³-hybridized carbons (Fsp3) is 0.556. The Kier molecular flexibility index (Phi) is 6.54. The maximum atomic E-state index is 13.4. The Morgan fingerprint density at radius 3 is 2.36 bits per heavy atom. The molecular formula is C18H28FN3O3. The summed E-state index contributed by atoms with van der Waals surface area (Å²) in [5, 5.41) is 2.84. The van der Waals surface area contributed by atoms with Crippen LogP contribution in [0.3, 0.4) is 0 Å². The summed E-state index contributed by atoms with van der Waals surface area (Å²) in [6.07, 6.45) is 3.33. The van der Waals surface area contributed by atoms with Gasteiger partial charge in [-0.2, -0.15) is 0 Å². The summed E-state index contributed by atoms with van der Waals surface area (Å²) in [7, 11) is 0. The Balaban J connectivity index is 3.04. The zero-order chi connectivity index (χ0) is 19.4. The van der Waals surface area contributed by atoms with E-state index in [0.717, 1.165) is 0 Å². The number of carbonyl (C=O) groups is 2. The van der Waals surface area contributed by atoms with Crippen LogP contribution in [0.2, 0.25) is 0 Å². The van der Waals surface area contributed by atoms with Crippen LogP contribution in [0.25, 0.3) is 0 Å². The van der Waals surface area contributed by atoms with Crippen molar-refractivity contribution in [3.8, 4) is 0 Å². The van der Waals surface area contributed by atoms with E-state index in [1.165, 1.54) is 10.8 Å². The number of ether oxygens (including phenoxy) is 1. The van der Waals surface area contributed by atoms with Crippen LogP contribution in [-0.2, 0) is 9.53 Å². The largest absolute Gasteiger partial charge is 0.456 e. The number of esters is 1. The van der Waals surface area contributed by atoms with Gasteiger partial charge in [-0.1, -0.05) is 0 Å². The molecule has 1 atom stereocenters. The van der Waals surface area contributed by atoms with E-state index in [9.17, 15) is 14.0 Å². The summed E-state index contributed by atoms with van der Waals surface area (Å²) >= 11 is 0. The number of hydrogen-bond donors (Lipinski definition) is 2. The van der Waals surface area contributed by atoms with Crippen molar-refractivity contribution in [2.24, 2.45) is 5.73 Å². The first-order valence-corrected chi connectivity index (χ1v) is 8.11. The lowest BCUT2D eigenvalue weighted by molar-refractivity contribution is -0.150. The van der Waals surface area contributed by atoms with Gasteiger partial charge in [-0.15, -0.1) is 0 Å². The zero-order valence-electron chi connectivity index (χ0n) is 15.7. The number of nitrogens with one attached hydrogen (secondary N) is 1. The quantitative estimate of drug-likeness (QED) is 0.629. The molecule has 0 bridgehead atoms. The molecule has 1 heterocycles. The van der Waals surface area contributed by atoms with Gasteiger partial charge >= 0.3 is 5.97 Å². The van der Waals surface area contributed by atoms with Gasteiger partial charge in [0.1, 0.15) is 5.60 Å². The summed E-state index contributed by atoms with van der Waals surface area (Å²) in [4.78, 5) is 24.4. The Morgan fingerprint density at radius 2 is 1.92 bits per heavy atom. The molecular weight excluding hydrogens is 325 g/mol. The average molecular weight is 353 g/mol.